The van der Waals surface area contributed by atoms with Crippen molar-refractivity contribution in [2.45, 2.75) is 123 Å². The highest BCUT2D eigenvalue weighted by atomic mass is 16.7. The minimum absolute atomic E-state index is 0.0209. The number of carbonyl (C=O) groups is 3. The molecule has 4 aliphatic rings. The number of carbonyl (C=O) groups excluding carboxylic acids is 3. The molecule has 4 rings (SSSR count). The molecule has 0 aromatic rings. The zero-order valence-corrected chi connectivity index (χ0v) is 25.9. The van der Waals surface area contributed by atoms with Gasteiger partial charge in [0.05, 0.1) is 17.6 Å². The molecule has 14 heteroatoms. The lowest BCUT2D eigenvalue weighted by atomic mass is 9.43. The predicted molar refractivity (Wildman–Crippen MR) is 158 cm³/mol. The van der Waals surface area contributed by atoms with Crippen LogP contribution < -0.4 is 21.8 Å². The fourth-order valence-corrected chi connectivity index (χ4v) is 6.92. The van der Waals surface area contributed by atoms with Crippen molar-refractivity contribution < 1.29 is 28.7 Å². The number of nitrogens with two attached hydrogens (primary N) is 1. The number of hydrazine groups is 1. The first-order valence-corrected chi connectivity index (χ1v) is 15.3. The van der Waals surface area contributed by atoms with Gasteiger partial charge in [-0.1, -0.05) is 33.1 Å². The van der Waals surface area contributed by atoms with E-state index in [4.69, 9.17) is 15.0 Å². The lowest BCUT2D eigenvalue weighted by Crippen LogP contribution is -2.65. The smallest absolute Gasteiger partial charge is 0.404 e. The molecule has 1 aliphatic heterocycles. The Morgan fingerprint density at radius 3 is 2.43 bits per heavy atom. The quantitative estimate of drug-likeness (QED) is 0.0521. The van der Waals surface area contributed by atoms with Gasteiger partial charge >= 0.3 is 7.12 Å². The van der Waals surface area contributed by atoms with Gasteiger partial charge in [0.1, 0.15) is 11.8 Å². The number of Topliss-reactive ketones (excluding diaryl/α,β-unsaturated/α-hetero) is 1. The topological polar surface area (TPSA) is 187 Å². The van der Waals surface area contributed by atoms with Gasteiger partial charge in [0, 0.05) is 19.4 Å². The van der Waals surface area contributed by atoms with Crippen molar-refractivity contribution in [3.05, 3.63) is 10.1 Å². The fourth-order valence-electron chi connectivity index (χ4n) is 6.92. The Bertz CT molecular complexity index is 1040. The lowest BCUT2D eigenvalue weighted by Gasteiger charge is -2.64. The predicted octanol–water partition coefficient (Wildman–Crippen LogP) is 2.30. The van der Waals surface area contributed by atoms with Crippen molar-refractivity contribution in [1.29, 1.82) is 0 Å². The van der Waals surface area contributed by atoms with E-state index in [2.05, 4.69) is 50.2 Å². The molecule has 4 fully saturated rings. The maximum Gasteiger partial charge on any atom is 0.481 e. The van der Waals surface area contributed by atoms with Gasteiger partial charge in [-0.2, -0.15) is 0 Å². The van der Waals surface area contributed by atoms with Crippen LogP contribution in [0.5, 0.6) is 0 Å². The fraction of sp³-hybridized carbons (Fsp3) is 0.857. The third kappa shape index (κ3) is 8.43. The summed E-state index contributed by atoms with van der Waals surface area (Å²) in [5.74, 6) is -0.0616. The SMILES string of the molecule is CC(=O)CCCCC(=O)N[C@@H](CCCN=C(N)N[N+](=O)[O-])C(=O)N[C@@H](CC(C)C)B1O[C@@H]2C[C@H]3C[C@H](C3(C)C)[C@]2(C)O1. The molecule has 0 spiro atoms. The summed E-state index contributed by atoms with van der Waals surface area (Å²) in [4.78, 5) is 52.1. The number of rotatable bonds is 16. The zero-order valence-electron chi connectivity index (χ0n) is 25.9. The van der Waals surface area contributed by atoms with Gasteiger partial charge in [0.25, 0.3) is 5.96 Å². The van der Waals surface area contributed by atoms with Gasteiger partial charge in [-0.15, -0.1) is 0 Å². The van der Waals surface area contributed by atoms with Crippen molar-refractivity contribution >= 4 is 30.7 Å². The van der Waals surface area contributed by atoms with E-state index in [1.165, 1.54) is 6.92 Å². The van der Waals surface area contributed by atoms with Crippen molar-refractivity contribution in [2.75, 3.05) is 6.54 Å². The Morgan fingerprint density at radius 1 is 1.12 bits per heavy atom. The van der Waals surface area contributed by atoms with E-state index in [0.717, 1.165) is 12.8 Å². The molecule has 13 nitrogen and oxygen atoms in total. The highest BCUT2D eigenvalue weighted by Crippen LogP contribution is 2.65. The minimum atomic E-state index is -0.856. The molecule has 2 amide bonds. The first-order valence-electron chi connectivity index (χ1n) is 15.3. The molecule has 0 aromatic heterocycles. The van der Waals surface area contributed by atoms with Crippen LogP contribution in [0.1, 0.15) is 99.3 Å². The van der Waals surface area contributed by atoms with Crippen LogP contribution in [0.25, 0.3) is 0 Å². The van der Waals surface area contributed by atoms with Gasteiger partial charge in [-0.05, 0) is 82.0 Å². The van der Waals surface area contributed by atoms with E-state index in [0.29, 0.717) is 43.9 Å². The van der Waals surface area contributed by atoms with E-state index in [9.17, 15) is 24.5 Å². The highest BCUT2D eigenvalue weighted by molar-refractivity contribution is 6.48. The summed E-state index contributed by atoms with van der Waals surface area (Å²) in [6.07, 6.45) is 5.02. The van der Waals surface area contributed by atoms with Gasteiger partial charge in [-0.25, -0.2) is 15.1 Å². The number of hydrogen-bond acceptors (Lipinski definition) is 8. The lowest BCUT2D eigenvalue weighted by molar-refractivity contribution is -0.525. The molecule has 3 saturated carbocycles. The van der Waals surface area contributed by atoms with Gasteiger partial charge < -0.3 is 30.5 Å². The molecular formula is C28H49BN6O7. The van der Waals surface area contributed by atoms with Crippen LogP contribution in [0.4, 0.5) is 0 Å². The monoisotopic (exact) mass is 592 g/mol. The molecule has 42 heavy (non-hydrogen) atoms. The molecule has 5 N–H and O–H groups in total. The van der Waals surface area contributed by atoms with E-state index < -0.39 is 29.7 Å². The molecule has 0 radical (unpaired) electrons. The second-order valence-corrected chi connectivity index (χ2v) is 13.4. The summed E-state index contributed by atoms with van der Waals surface area (Å²) in [6.45, 7) is 12.5. The molecule has 2 bridgehead atoms. The number of nitrogens with zero attached hydrogens (tertiary/aromatic N) is 2. The summed E-state index contributed by atoms with van der Waals surface area (Å²) in [5.41, 5.74) is 7.06. The Balaban J connectivity index is 1.67. The van der Waals surface area contributed by atoms with Gasteiger partial charge in [0.2, 0.25) is 11.8 Å². The normalized spacial score (nSPS) is 27.5. The van der Waals surface area contributed by atoms with Crippen LogP contribution in [0.15, 0.2) is 4.99 Å². The summed E-state index contributed by atoms with van der Waals surface area (Å²) < 4.78 is 13.1. The summed E-state index contributed by atoms with van der Waals surface area (Å²) in [5, 5.41) is 15.7. The molecule has 3 aliphatic carbocycles. The van der Waals surface area contributed by atoms with E-state index >= 15 is 0 Å². The zero-order chi connectivity index (χ0) is 31.2. The van der Waals surface area contributed by atoms with Crippen LogP contribution >= 0.6 is 0 Å². The maximum atomic E-state index is 13.6. The van der Waals surface area contributed by atoms with E-state index in [1.807, 2.05) is 0 Å². The summed E-state index contributed by atoms with van der Waals surface area (Å²) in [6, 6.07) is -0.856. The number of aliphatic imine (C=N–C) groups is 1. The summed E-state index contributed by atoms with van der Waals surface area (Å²) in [7, 11) is -0.595. The minimum Gasteiger partial charge on any atom is -0.404 e. The van der Waals surface area contributed by atoms with Crippen LogP contribution in [0.2, 0.25) is 0 Å². The largest absolute Gasteiger partial charge is 0.481 e. The second kappa shape index (κ2) is 14.2. The number of guanidine groups is 1. The Labute approximate surface area is 249 Å². The van der Waals surface area contributed by atoms with Crippen molar-refractivity contribution in [1.82, 2.24) is 16.1 Å². The van der Waals surface area contributed by atoms with Crippen molar-refractivity contribution in [2.24, 2.45) is 33.9 Å². The highest BCUT2D eigenvalue weighted by Gasteiger charge is 2.68. The Morgan fingerprint density at radius 2 is 1.81 bits per heavy atom. The first kappa shape index (κ1) is 33.8. The molecule has 0 aromatic carbocycles. The van der Waals surface area contributed by atoms with E-state index in [1.54, 1.807) is 5.43 Å². The molecule has 1 saturated heterocycles. The number of amides is 2. The molecule has 6 atom stereocenters. The molecule has 1 heterocycles. The Kier molecular flexibility index (Phi) is 11.4. The van der Waals surface area contributed by atoms with Crippen molar-refractivity contribution in [3.8, 4) is 0 Å². The number of unbranched alkanes of at least 4 members (excludes halogenated alkanes) is 1. The van der Waals surface area contributed by atoms with Gasteiger partial charge in [-0.3, -0.25) is 9.59 Å². The van der Waals surface area contributed by atoms with Crippen LogP contribution in [0.3, 0.4) is 0 Å². The molecule has 0 unspecified atom stereocenters. The van der Waals surface area contributed by atoms with Gasteiger partial charge in [0.15, 0.2) is 5.03 Å². The average molecular weight is 593 g/mol. The number of nitro groups is 1. The maximum absolute atomic E-state index is 13.6. The summed E-state index contributed by atoms with van der Waals surface area (Å²) >= 11 is 0. The van der Waals surface area contributed by atoms with Crippen LogP contribution in [-0.4, -0.2) is 65.9 Å². The van der Waals surface area contributed by atoms with E-state index in [-0.39, 0.29) is 60.4 Å². The van der Waals surface area contributed by atoms with Crippen molar-refractivity contribution in [3.63, 3.8) is 0 Å². The third-order valence-electron chi connectivity index (χ3n) is 9.32. The first-order chi connectivity index (χ1) is 19.6. The molecular weight excluding hydrogens is 543 g/mol. The number of hydrogen-bond donors (Lipinski definition) is 4. The van der Waals surface area contributed by atoms with Crippen LogP contribution in [0, 0.1) is 33.3 Å². The average Bonchev–Trinajstić information content (AvgIpc) is 3.24. The third-order valence-corrected chi connectivity index (χ3v) is 9.32. The number of ketones is 1. The number of nitrogens with one attached hydrogen (secondary N) is 3. The Hall–Kier alpha value is -2.74. The molecule has 236 valence electrons. The standard InChI is InChI=1S/C28H49BN6O7/c1-17(2)14-23(29-41-22-16-19-15-21(27(19,4)5)28(22,6)42-29)33-25(38)20(11-9-13-31-26(30)34-35(39)40)32-24(37)12-8-7-10-18(3)36/h17,19-23H,7-16H2,1-6H3,(H,32,37)(H,33,38)(H3,30,31,34)/t19-,20+,21-,22-,23+,28+/m1/s1. The van der Waals surface area contributed by atoms with Crippen LogP contribution in [-0.2, 0) is 23.7 Å². The second-order valence-electron chi connectivity index (χ2n) is 13.4.